The Labute approximate surface area is 182 Å². The zero-order chi connectivity index (χ0) is 21.1. The Morgan fingerprint density at radius 2 is 2.00 bits per heavy atom. The number of nitrogens with one attached hydrogen (secondary N) is 2. The summed E-state index contributed by atoms with van der Waals surface area (Å²) in [4.78, 5) is 27.9. The Kier molecular flexibility index (Phi) is 10.2. The number of benzene rings is 1. The van der Waals surface area contributed by atoms with E-state index in [1.807, 2.05) is 12.1 Å². The Balaban J connectivity index is 1.69. The second kappa shape index (κ2) is 12.6. The lowest BCUT2D eigenvalue weighted by Crippen LogP contribution is -2.42. The predicted molar refractivity (Wildman–Crippen MR) is 119 cm³/mol. The number of anilines is 1. The highest BCUT2D eigenvalue weighted by Gasteiger charge is 2.19. The molecule has 160 valence electrons. The van der Waals surface area contributed by atoms with Crippen LogP contribution in [0.1, 0.15) is 26.2 Å². The minimum Gasteiger partial charge on any atom is -0.466 e. The summed E-state index contributed by atoms with van der Waals surface area (Å²) in [6, 6.07) is 7.21. The highest BCUT2D eigenvalue weighted by atomic mass is 35.5. The van der Waals surface area contributed by atoms with Crippen molar-refractivity contribution in [3.63, 3.8) is 0 Å². The minimum atomic E-state index is -0.180. The van der Waals surface area contributed by atoms with E-state index in [1.165, 1.54) is 0 Å². The summed E-state index contributed by atoms with van der Waals surface area (Å²) in [6.07, 6.45) is 1.99. The smallest absolute Gasteiger partial charge is 0.305 e. The van der Waals surface area contributed by atoms with E-state index in [4.69, 9.17) is 28.6 Å². The fourth-order valence-corrected chi connectivity index (χ4v) is 3.53. The number of halogens is 1. The quantitative estimate of drug-likeness (QED) is 0.365. The lowest BCUT2D eigenvalue weighted by Gasteiger charge is -2.24. The standard InChI is InChI=1S/C20H29ClN4O3S/c1-2-28-19(27)9-5-10-22-20(29)25-12-6-11-24(13-14-25)15-18(26)23-17-8-4-3-7-16(17)21/h3-4,7-8H,2,5-6,9-15H2,1H3,(H,22,29)(H,23,26). The van der Waals surface area contributed by atoms with Gasteiger partial charge < -0.3 is 20.3 Å². The van der Waals surface area contributed by atoms with Gasteiger partial charge in [0.2, 0.25) is 5.91 Å². The SMILES string of the molecule is CCOC(=O)CCCNC(=S)N1CCCN(CC(=O)Nc2ccccc2Cl)CC1. The molecule has 2 rings (SSSR count). The summed E-state index contributed by atoms with van der Waals surface area (Å²) >= 11 is 11.6. The van der Waals surface area contributed by atoms with Crippen LogP contribution >= 0.6 is 23.8 Å². The number of carbonyl (C=O) groups excluding carboxylic acids is 2. The third kappa shape index (κ3) is 8.55. The van der Waals surface area contributed by atoms with Crippen LogP contribution in [0.3, 0.4) is 0 Å². The second-order valence-electron chi connectivity index (χ2n) is 6.79. The summed E-state index contributed by atoms with van der Waals surface area (Å²) < 4.78 is 4.91. The third-order valence-corrected chi connectivity index (χ3v) is 5.26. The van der Waals surface area contributed by atoms with E-state index in [-0.39, 0.29) is 11.9 Å². The number of para-hydroxylation sites is 1. The Morgan fingerprint density at radius 1 is 1.21 bits per heavy atom. The lowest BCUT2D eigenvalue weighted by molar-refractivity contribution is -0.143. The van der Waals surface area contributed by atoms with Gasteiger partial charge in [0.1, 0.15) is 0 Å². The zero-order valence-electron chi connectivity index (χ0n) is 16.8. The maximum absolute atomic E-state index is 12.3. The fourth-order valence-electron chi connectivity index (χ4n) is 3.06. The third-order valence-electron chi connectivity index (χ3n) is 4.53. The molecule has 1 amide bonds. The molecule has 1 aliphatic heterocycles. The number of hydrogen-bond donors (Lipinski definition) is 2. The molecule has 0 bridgehead atoms. The Bertz CT molecular complexity index is 704. The van der Waals surface area contributed by atoms with Gasteiger partial charge in [-0.25, -0.2) is 0 Å². The van der Waals surface area contributed by atoms with Crippen LogP contribution in [0.25, 0.3) is 0 Å². The number of thiocarbonyl (C=S) groups is 1. The molecule has 0 radical (unpaired) electrons. The number of carbonyl (C=O) groups is 2. The molecule has 1 fully saturated rings. The number of hydrogen-bond acceptors (Lipinski definition) is 5. The number of rotatable bonds is 8. The van der Waals surface area contributed by atoms with Crippen molar-refractivity contribution in [3.05, 3.63) is 29.3 Å². The summed E-state index contributed by atoms with van der Waals surface area (Å²) in [5.74, 6) is -0.257. The van der Waals surface area contributed by atoms with Gasteiger partial charge in [-0.2, -0.15) is 0 Å². The van der Waals surface area contributed by atoms with E-state index in [1.54, 1.807) is 19.1 Å². The maximum Gasteiger partial charge on any atom is 0.305 e. The van der Waals surface area contributed by atoms with Crippen LogP contribution in [0.15, 0.2) is 24.3 Å². The number of ether oxygens (including phenoxy) is 1. The first-order chi connectivity index (χ1) is 14.0. The molecule has 1 aliphatic rings. The van der Waals surface area contributed by atoms with Crippen LogP contribution in [-0.2, 0) is 14.3 Å². The van der Waals surface area contributed by atoms with E-state index < -0.39 is 0 Å². The largest absolute Gasteiger partial charge is 0.466 e. The van der Waals surface area contributed by atoms with Gasteiger partial charge in [-0.1, -0.05) is 23.7 Å². The van der Waals surface area contributed by atoms with E-state index in [0.29, 0.717) is 48.4 Å². The molecule has 1 heterocycles. The van der Waals surface area contributed by atoms with Crippen LogP contribution in [0.5, 0.6) is 0 Å². The van der Waals surface area contributed by atoms with Crippen LogP contribution in [-0.4, -0.2) is 72.7 Å². The molecule has 2 N–H and O–H groups in total. The molecule has 1 aromatic rings. The summed E-state index contributed by atoms with van der Waals surface area (Å²) in [5, 5.41) is 7.29. The van der Waals surface area contributed by atoms with Gasteiger partial charge in [-0.15, -0.1) is 0 Å². The van der Waals surface area contributed by atoms with Crippen LogP contribution < -0.4 is 10.6 Å². The first kappa shape index (κ1) is 23.4. The first-order valence-electron chi connectivity index (χ1n) is 9.94. The van der Waals surface area contributed by atoms with Crippen molar-refractivity contribution in [3.8, 4) is 0 Å². The van der Waals surface area contributed by atoms with Gasteiger partial charge in [-0.3, -0.25) is 14.5 Å². The molecule has 9 heteroatoms. The summed E-state index contributed by atoms with van der Waals surface area (Å²) in [5.41, 5.74) is 0.629. The van der Waals surface area contributed by atoms with E-state index in [9.17, 15) is 9.59 Å². The predicted octanol–water partition coefficient (Wildman–Crippen LogP) is 2.50. The van der Waals surface area contributed by atoms with Crippen molar-refractivity contribution in [2.75, 3.05) is 51.2 Å². The van der Waals surface area contributed by atoms with E-state index in [2.05, 4.69) is 20.4 Å². The highest BCUT2D eigenvalue weighted by molar-refractivity contribution is 7.80. The molecular formula is C20H29ClN4O3S. The molecule has 29 heavy (non-hydrogen) atoms. The van der Waals surface area contributed by atoms with Gasteiger partial charge in [0, 0.05) is 39.1 Å². The topological polar surface area (TPSA) is 73.9 Å². The number of amides is 1. The molecule has 0 saturated carbocycles. The molecule has 7 nitrogen and oxygen atoms in total. The average Bonchev–Trinajstić information content (AvgIpc) is 2.93. The normalized spacial score (nSPS) is 14.8. The van der Waals surface area contributed by atoms with Gasteiger partial charge in [-0.05, 0) is 44.1 Å². The van der Waals surface area contributed by atoms with E-state index >= 15 is 0 Å². The molecule has 0 unspecified atom stereocenters. The summed E-state index contributed by atoms with van der Waals surface area (Å²) in [7, 11) is 0. The molecule has 0 atom stereocenters. The molecule has 1 saturated heterocycles. The van der Waals surface area contributed by atoms with Gasteiger partial charge in [0.15, 0.2) is 5.11 Å². The van der Waals surface area contributed by atoms with Gasteiger partial charge in [0.05, 0.1) is 23.9 Å². The molecule has 0 aromatic heterocycles. The second-order valence-corrected chi connectivity index (χ2v) is 7.58. The van der Waals surface area contributed by atoms with Crippen LogP contribution in [0, 0.1) is 0 Å². The minimum absolute atomic E-state index is 0.0776. The van der Waals surface area contributed by atoms with Crippen LogP contribution in [0.2, 0.25) is 5.02 Å². The van der Waals surface area contributed by atoms with Crippen molar-refractivity contribution < 1.29 is 14.3 Å². The van der Waals surface area contributed by atoms with Gasteiger partial charge in [0.25, 0.3) is 0 Å². The first-order valence-corrected chi connectivity index (χ1v) is 10.7. The van der Waals surface area contributed by atoms with Crippen molar-refractivity contribution in [2.24, 2.45) is 0 Å². The highest BCUT2D eigenvalue weighted by Crippen LogP contribution is 2.20. The molecular weight excluding hydrogens is 412 g/mol. The molecule has 1 aromatic carbocycles. The Hall–Kier alpha value is -1.90. The van der Waals surface area contributed by atoms with Crippen LogP contribution in [0.4, 0.5) is 5.69 Å². The summed E-state index contributed by atoms with van der Waals surface area (Å²) in [6.45, 7) is 6.34. The van der Waals surface area contributed by atoms with Crippen molar-refractivity contribution in [2.45, 2.75) is 26.2 Å². The number of esters is 1. The maximum atomic E-state index is 12.3. The Morgan fingerprint density at radius 3 is 2.76 bits per heavy atom. The van der Waals surface area contributed by atoms with Crippen molar-refractivity contribution >= 4 is 46.5 Å². The van der Waals surface area contributed by atoms with Crippen molar-refractivity contribution in [1.29, 1.82) is 0 Å². The van der Waals surface area contributed by atoms with Crippen molar-refractivity contribution in [1.82, 2.24) is 15.1 Å². The van der Waals surface area contributed by atoms with Gasteiger partial charge >= 0.3 is 5.97 Å². The average molecular weight is 441 g/mol. The zero-order valence-corrected chi connectivity index (χ0v) is 18.4. The lowest BCUT2D eigenvalue weighted by atomic mass is 10.3. The molecule has 0 spiro atoms. The fraction of sp³-hybridized carbons (Fsp3) is 0.550. The monoisotopic (exact) mass is 440 g/mol. The molecule has 0 aliphatic carbocycles. The van der Waals surface area contributed by atoms with E-state index in [0.717, 1.165) is 32.6 Å². The number of nitrogens with zero attached hydrogens (tertiary/aromatic N) is 2.